The van der Waals surface area contributed by atoms with Crippen LogP contribution in [0, 0.1) is 0 Å². The molecule has 0 atom stereocenters. The maximum absolute atomic E-state index is 5.61. The minimum absolute atomic E-state index is 0.414. The Kier molecular flexibility index (Phi) is 3.36. The lowest BCUT2D eigenvalue weighted by molar-refractivity contribution is 0.704. The first-order chi connectivity index (χ1) is 7.76. The monoisotopic (exact) mass is 280 g/mol. The molecule has 16 heavy (non-hydrogen) atoms. The van der Waals surface area contributed by atoms with Gasteiger partial charge in [0, 0.05) is 16.6 Å². The van der Waals surface area contributed by atoms with Crippen molar-refractivity contribution in [3.8, 4) is 11.4 Å². The van der Waals surface area contributed by atoms with Gasteiger partial charge in [0.05, 0.1) is 6.54 Å². The van der Waals surface area contributed by atoms with Crippen LogP contribution in [0.1, 0.15) is 12.7 Å². The van der Waals surface area contributed by atoms with Gasteiger partial charge < -0.3 is 10.3 Å². The molecule has 0 aliphatic carbocycles. The van der Waals surface area contributed by atoms with Crippen molar-refractivity contribution in [3.63, 3.8) is 0 Å². The van der Waals surface area contributed by atoms with Crippen molar-refractivity contribution in [1.82, 2.24) is 14.8 Å². The molecule has 0 aliphatic heterocycles. The molecule has 0 saturated heterocycles. The molecule has 84 valence electrons. The summed E-state index contributed by atoms with van der Waals surface area (Å²) < 4.78 is 3.08. The van der Waals surface area contributed by atoms with Crippen molar-refractivity contribution >= 4 is 15.9 Å². The van der Waals surface area contributed by atoms with Crippen molar-refractivity contribution in [1.29, 1.82) is 0 Å². The predicted octanol–water partition coefficient (Wildman–Crippen LogP) is 2.19. The molecule has 1 heterocycles. The average molecular weight is 281 g/mol. The fourth-order valence-electron chi connectivity index (χ4n) is 1.63. The molecule has 0 unspecified atom stereocenters. The van der Waals surface area contributed by atoms with Gasteiger partial charge in [0.2, 0.25) is 0 Å². The molecule has 0 radical (unpaired) electrons. The Balaban J connectivity index is 2.47. The van der Waals surface area contributed by atoms with Crippen LogP contribution < -0.4 is 5.73 Å². The van der Waals surface area contributed by atoms with Crippen LogP contribution in [0.4, 0.5) is 0 Å². The molecule has 2 N–H and O–H groups in total. The van der Waals surface area contributed by atoms with Crippen molar-refractivity contribution in [2.75, 3.05) is 0 Å². The van der Waals surface area contributed by atoms with Crippen molar-refractivity contribution in [3.05, 3.63) is 34.6 Å². The average Bonchev–Trinajstić information content (AvgIpc) is 2.72. The van der Waals surface area contributed by atoms with Gasteiger partial charge in [-0.1, -0.05) is 28.1 Å². The largest absolute Gasteiger partial charge is 0.324 e. The number of rotatable bonds is 3. The highest BCUT2D eigenvalue weighted by molar-refractivity contribution is 9.10. The fourth-order valence-corrected chi connectivity index (χ4v) is 1.90. The Bertz CT molecular complexity index is 475. The quantitative estimate of drug-likeness (QED) is 0.938. The second kappa shape index (κ2) is 4.76. The summed E-state index contributed by atoms with van der Waals surface area (Å²) in [5.74, 6) is 1.69. The normalized spacial score (nSPS) is 10.7. The number of hydrogen-bond donors (Lipinski definition) is 1. The third-order valence-corrected chi connectivity index (χ3v) is 2.96. The third-order valence-electron chi connectivity index (χ3n) is 2.43. The van der Waals surface area contributed by atoms with E-state index in [1.807, 2.05) is 28.8 Å². The van der Waals surface area contributed by atoms with E-state index in [9.17, 15) is 0 Å². The summed E-state index contributed by atoms with van der Waals surface area (Å²) in [5.41, 5.74) is 6.66. The Labute approximate surface area is 103 Å². The zero-order valence-electron chi connectivity index (χ0n) is 9.02. The van der Waals surface area contributed by atoms with Crippen LogP contribution >= 0.6 is 15.9 Å². The maximum atomic E-state index is 5.61. The van der Waals surface area contributed by atoms with E-state index in [1.54, 1.807) is 0 Å². The highest BCUT2D eigenvalue weighted by Gasteiger charge is 2.10. The molecule has 5 heteroatoms. The van der Waals surface area contributed by atoms with E-state index in [4.69, 9.17) is 5.73 Å². The Morgan fingerprint density at radius 2 is 1.94 bits per heavy atom. The predicted molar refractivity (Wildman–Crippen MR) is 66.7 cm³/mol. The summed E-state index contributed by atoms with van der Waals surface area (Å²) in [7, 11) is 0. The van der Waals surface area contributed by atoms with Gasteiger partial charge in [0.25, 0.3) is 0 Å². The molecule has 2 rings (SSSR count). The summed E-state index contributed by atoms with van der Waals surface area (Å²) in [5, 5.41) is 8.26. The molecule has 0 aliphatic rings. The standard InChI is InChI=1S/C11H13BrN4/c1-2-16-10(7-13)14-15-11(16)8-3-5-9(12)6-4-8/h3-6H,2,7,13H2,1H3. The van der Waals surface area contributed by atoms with Crippen LogP contribution in [0.2, 0.25) is 0 Å². The van der Waals surface area contributed by atoms with Gasteiger partial charge in [-0.05, 0) is 19.1 Å². The smallest absolute Gasteiger partial charge is 0.163 e. The van der Waals surface area contributed by atoms with Gasteiger partial charge in [-0.15, -0.1) is 10.2 Å². The van der Waals surface area contributed by atoms with Crippen LogP contribution in [0.25, 0.3) is 11.4 Å². The number of halogens is 1. The molecule has 4 nitrogen and oxygen atoms in total. The minimum atomic E-state index is 0.414. The molecular weight excluding hydrogens is 268 g/mol. The molecule has 1 aromatic heterocycles. The molecule has 0 saturated carbocycles. The molecule has 0 spiro atoms. The fraction of sp³-hybridized carbons (Fsp3) is 0.273. The van der Waals surface area contributed by atoms with Crippen LogP contribution in [-0.4, -0.2) is 14.8 Å². The number of nitrogens with zero attached hydrogens (tertiary/aromatic N) is 3. The van der Waals surface area contributed by atoms with Crippen LogP contribution in [0.5, 0.6) is 0 Å². The van der Waals surface area contributed by atoms with E-state index in [-0.39, 0.29) is 0 Å². The first-order valence-electron chi connectivity index (χ1n) is 5.14. The lowest BCUT2D eigenvalue weighted by Gasteiger charge is -2.06. The van der Waals surface area contributed by atoms with E-state index in [0.29, 0.717) is 6.54 Å². The van der Waals surface area contributed by atoms with E-state index in [0.717, 1.165) is 28.2 Å². The van der Waals surface area contributed by atoms with Crippen molar-refractivity contribution in [2.45, 2.75) is 20.0 Å². The van der Waals surface area contributed by atoms with Gasteiger partial charge in [0.1, 0.15) is 5.82 Å². The summed E-state index contributed by atoms with van der Waals surface area (Å²) in [6.45, 7) is 3.30. The lowest BCUT2D eigenvalue weighted by Crippen LogP contribution is -2.08. The summed E-state index contributed by atoms with van der Waals surface area (Å²) >= 11 is 3.41. The topological polar surface area (TPSA) is 56.7 Å². The lowest BCUT2D eigenvalue weighted by atomic mass is 10.2. The highest BCUT2D eigenvalue weighted by atomic mass is 79.9. The van der Waals surface area contributed by atoms with Crippen molar-refractivity contribution < 1.29 is 0 Å². The van der Waals surface area contributed by atoms with E-state index >= 15 is 0 Å². The molecule has 2 aromatic rings. The number of nitrogens with two attached hydrogens (primary N) is 1. The van der Waals surface area contributed by atoms with Gasteiger partial charge in [-0.2, -0.15) is 0 Å². The first-order valence-corrected chi connectivity index (χ1v) is 5.93. The summed E-state index contributed by atoms with van der Waals surface area (Å²) in [6, 6.07) is 8.01. The SMILES string of the molecule is CCn1c(CN)nnc1-c1ccc(Br)cc1. The number of aromatic nitrogens is 3. The third kappa shape index (κ3) is 2.01. The highest BCUT2D eigenvalue weighted by Crippen LogP contribution is 2.20. The van der Waals surface area contributed by atoms with Gasteiger partial charge in [-0.3, -0.25) is 0 Å². The molecular formula is C11H13BrN4. The van der Waals surface area contributed by atoms with Gasteiger partial charge in [0.15, 0.2) is 5.82 Å². The van der Waals surface area contributed by atoms with Gasteiger partial charge in [-0.25, -0.2) is 0 Å². The minimum Gasteiger partial charge on any atom is -0.324 e. The Morgan fingerprint density at radius 1 is 1.25 bits per heavy atom. The van der Waals surface area contributed by atoms with Crippen LogP contribution in [-0.2, 0) is 13.1 Å². The summed E-state index contributed by atoms with van der Waals surface area (Å²) in [4.78, 5) is 0. The second-order valence-electron chi connectivity index (χ2n) is 3.40. The van der Waals surface area contributed by atoms with E-state index < -0.39 is 0 Å². The number of benzene rings is 1. The zero-order chi connectivity index (χ0) is 11.5. The van der Waals surface area contributed by atoms with Crippen molar-refractivity contribution in [2.24, 2.45) is 5.73 Å². The molecule has 0 amide bonds. The maximum Gasteiger partial charge on any atom is 0.163 e. The Morgan fingerprint density at radius 3 is 2.50 bits per heavy atom. The number of hydrogen-bond acceptors (Lipinski definition) is 3. The Hall–Kier alpha value is -1.20. The second-order valence-corrected chi connectivity index (χ2v) is 4.31. The first kappa shape index (κ1) is 11.3. The zero-order valence-corrected chi connectivity index (χ0v) is 10.6. The van der Waals surface area contributed by atoms with E-state index in [1.165, 1.54) is 0 Å². The van der Waals surface area contributed by atoms with Gasteiger partial charge >= 0.3 is 0 Å². The van der Waals surface area contributed by atoms with Crippen LogP contribution in [0.3, 0.4) is 0 Å². The van der Waals surface area contributed by atoms with Crippen LogP contribution in [0.15, 0.2) is 28.7 Å². The molecule has 0 bridgehead atoms. The summed E-state index contributed by atoms with van der Waals surface area (Å²) in [6.07, 6.45) is 0. The van der Waals surface area contributed by atoms with E-state index in [2.05, 4.69) is 33.1 Å². The molecule has 0 fully saturated rings. The molecule has 1 aromatic carbocycles.